The van der Waals surface area contributed by atoms with Crippen LogP contribution in [0, 0.1) is 0 Å². The highest BCUT2D eigenvalue weighted by Crippen LogP contribution is 2.17. The van der Waals surface area contributed by atoms with Gasteiger partial charge in [-0.2, -0.15) is 0 Å². The van der Waals surface area contributed by atoms with Crippen LogP contribution in [0.5, 0.6) is 0 Å². The second-order valence-corrected chi connectivity index (χ2v) is 5.04. The molecular weight excluding hydrogens is 284 g/mol. The van der Waals surface area contributed by atoms with Gasteiger partial charge in [0.05, 0.1) is 19.3 Å². The minimum atomic E-state index is -0.296. The van der Waals surface area contributed by atoms with Crippen molar-refractivity contribution in [3.8, 4) is 0 Å². The van der Waals surface area contributed by atoms with E-state index in [4.69, 9.17) is 9.84 Å². The molecule has 0 aliphatic carbocycles. The van der Waals surface area contributed by atoms with E-state index in [0.717, 1.165) is 0 Å². The van der Waals surface area contributed by atoms with Crippen LogP contribution in [-0.4, -0.2) is 54.2 Å². The number of nitrogens with one attached hydrogen (secondary N) is 1. The molecule has 0 saturated carbocycles. The summed E-state index contributed by atoms with van der Waals surface area (Å²) in [5.41, 5.74) is 1.15. The molecule has 6 nitrogen and oxygen atoms in total. The van der Waals surface area contributed by atoms with E-state index in [1.165, 1.54) is 6.08 Å². The molecule has 1 aromatic carbocycles. The van der Waals surface area contributed by atoms with E-state index < -0.39 is 0 Å². The number of nitrogens with zero attached hydrogens (tertiary/aromatic N) is 1. The standard InChI is InChI=1S/C16H20N2O4/c1-2-15(20)17-13-6-4-12(5-7-13)16(21)18(8-3-9-19)14-10-22-11-14/h2,4-7,14,19H,1,3,8-11H2,(H,17,20). The lowest BCUT2D eigenvalue weighted by atomic mass is 10.1. The Morgan fingerprint density at radius 2 is 2.05 bits per heavy atom. The van der Waals surface area contributed by atoms with Crippen molar-refractivity contribution in [3.63, 3.8) is 0 Å². The van der Waals surface area contributed by atoms with Crippen molar-refractivity contribution in [3.05, 3.63) is 42.5 Å². The smallest absolute Gasteiger partial charge is 0.254 e. The molecule has 2 N–H and O–H groups in total. The van der Waals surface area contributed by atoms with Crippen LogP contribution in [0.4, 0.5) is 5.69 Å². The molecule has 1 heterocycles. The first-order valence-electron chi connectivity index (χ1n) is 7.18. The third kappa shape index (κ3) is 3.93. The average Bonchev–Trinajstić information content (AvgIpc) is 2.49. The zero-order valence-corrected chi connectivity index (χ0v) is 12.3. The summed E-state index contributed by atoms with van der Waals surface area (Å²) in [6, 6.07) is 6.77. The highest BCUT2D eigenvalue weighted by atomic mass is 16.5. The first-order chi connectivity index (χ1) is 10.7. The second kappa shape index (κ2) is 7.72. The number of hydrogen-bond donors (Lipinski definition) is 2. The van der Waals surface area contributed by atoms with Crippen LogP contribution in [0.2, 0.25) is 0 Å². The molecule has 0 atom stereocenters. The van der Waals surface area contributed by atoms with Gasteiger partial charge in [-0.1, -0.05) is 6.58 Å². The van der Waals surface area contributed by atoms with Crippen molar-refractivity contribution < 1.29 is 19.4 Å². The van der Waals surface area contributed by atoms with Gasteiger partial charge in [-0.25, -0.2) is 0 Å². The predicted octanol–water partition coefficient (Wildman–Crippen LogP) is 1.03. The minimum absolute atomic E-state index is 0.0455. The van der Waals surface area contributed by atoms with Gasteiger partial charge in [-0.3, -0.25) is 9.59 Å². The van der Waals surface area contributed by atoms with Gasteiger partial charge < -0.3 is 20.1 Å². The highest BCUT2D eigenvalue weighted by molar-refractivity contribution is 5.99. The predicted molar refractivity (Wildman–Crippen MR) is 82.6 cm³/mol. The molecule has 6 heteroatoms. The largest absolute Gasteiger partial charge is 0.396 e. The van der Waals surface area contributed by atoms with Gasteiger partial charge in [0.25, 0.3) is 5.91 Å². The third-order valence-corrected chi connectivity index (χ3v) is 3.46. The van der Waals surface area contributed by atoms with Crippen LogP contribution >= 0.6 is 0 Å². The quantitative estimate of drug-likeness (QED) is 0.738. The summed E-state index contributed by atoms with van der Waals surface area (Å²) < 4.78 is 5.14. The summed E-state index contributed by atoms with van der Waals surface area (Å²) in [4.78, 5) is 25.5. The van der Waals surface area contributed by atoms with Crippen molar-refractivity contribution in [2.75, 3.05) is 31.7 Å². The van der Waals surface area contributed by atoms with Crippen molar-refractivity contribution in [1.29, 1.82) is 0 Å². The Kier molecular flexibility index (Phi) is 5.68. The van der Waals surface area contributed by atoms with Gasteiger partial charge in [0.15, 0.2) is 0 Å². The molecule has 2 amide bonds. The summed E-state index contributed by atoms with van der Waals surface area (Å²) in [7, 11) is 0. The minimum Gasteiger partial charge on any atom is -0.396 e. The molecule has 22 heavy (non-hydrogen) atoms. The fraction of sp³-hybridized carbons (Fsp3) is 0.375. The Morgan fingerprint density at radius 3 is 2.55 bits per heavy atom. The van der Waals surface area contributed by atoms with E-state index >= 15 is 0 Å². The Balaban J connectivity index is 2.05. The second-order valence-electron chi connectivity index (χ2n) is 5.04. The van der Waals surface area contributed by atoms with Gasteiger partial charge in [0.2, 0.25) is 5.91 Å². The fourth-order valence-corrected chi connectivity index (χ4v) is 2.15. The summed E-state index contributed by atoms with van der Waals surface area (Å²) in [6.07, 6.45) is 1.72. The van der Waals surface area contributed by atoms with Crippen LogP contribution in [0.3, 0.4) is 0 Å². The van der Waals surface area contributed by atoms with Gasteiger partial charge in [-0.15, -0.1) is 0 Å². The molecular formula is C16H20N2O4. The third-order valence-electron chi connectivity index (χ3n) is 3.46. The van der Waals surface area contributed by atoms with E-state index in [1.54, 1.807) is 29.2 Å². The van der Waals surface area contributed by atoms with Crippen LogP contribution in [0.25, 0.3) is 0 Å². The summed E-state index contributed by atoms with van der Waals surface area (Å²) in [5, 5.41) is 11.6. The van der Waals surface area contributed by atoms with Gasteiger partial charge >= 0.3 is 0 Å². The topological polar surface area (TPSA) is 78.9 Å². The van der Waals surface area contributed by atoms with Crippen LogP contribution in [0.15, 0.2) is 36.9 Å². The lowest BCUT2D eigenvalue weighted by Crippen LogP contribution is -2.52. The number of carbonyl (C=O) groups excluding carboxylic acids is 2. The SMILES string of the molecule is C=CC(=O)Nc1ccc(C(=O)N(CCCO)C2COC2)cc1. The van der Waals surface area contributed by atoms with Crippen LogP contribution in [0.1, 0.15) is 16.8 Å². The Bertz CT molecular complexity index is 538. The molecule has 0 spiro atoms. The normalized spacial score (nSPS) is 14.0. The highest BCUT2D eigenvalue weighted by Gasteiger charge is 2.29. The zero-order chi connectivity index (χ0) is 15.9. The molecule has 0 bridgehead atoms. The van der Waals surface area contributed by atoms with Gasteiger partial charge in [0, 0.05) is 24.4 Å². The molecule has 2 rings (SSSR count). The van der Waals surface area contributed by atoms with E-state index in [0.29, 0.717) is 37.4 Å². The molecule has 1 aromatic rings. The van der Waals surface area contributed by atoms with Crippen molar-refractivity contribution in [2.24, 2.45) is 0 Å². The Labute approximate surface area is 129 Å². The van der Waals surface area contributed by atoms with Gasteiger partial charge in [-0.05, 0) is 36.8 Å². The molecule has 1 fully saturated rings. The van der Waals surface area contributed by atoms with Gasteiger partial charge in [0.1, 0.15) is 0 Å². The number of amides is 2. The molecule has 118 valence electrons. The molecule has 0 aromatic heterocycles. The molecule has 1 aliphatic rings. The van der Waals surface area contributed by atoms with Crippen molar-refractivity contribution in [2.45, 2.75) is 12.5 Å². The van der Waals surface area contributed by atoms with Crippen molar-refractivity contribution >= 4 is 17.5 Å². The summed E-state index contributed by atoms with van der Waals surface area (Å²) in [5.74, 6) is -0.390. The lowest BCUT2D eigenvalue weighted by molar-refractivity contribution is -0.111. The fourth-order valence-electron chi connectivity index (χ4n) is 2.15. The maximum atomic E-state index is 12.6. The van der Waals surface area contributed by atoms with Crippen molar-refractivity contribution in [1.82, 2.24) is 4.90 Å². The Hall–Kier alpha value is -2.18. The molecule has 0 unspecified atom stereocenters. The summed E-state index contributed by atoms with van der Waals surface area (Å²) in [6.45, 7) is 4.99. The maximum Gasteiger partial charge on any atom is 0.254 e. The summed E-state index contributed by atoms with van der Waals surface area (Å²) >= 11 is 0. The number of anilines is 1. The zero-order valence-electron chi connectivity index (χ0n) is 12.3. The van der Waals surface area contributed by atoms with E-state index in [1.807, 2.05) is 0 Å². The number of rotatable bonds is 7. The van der Waals surface area contributed by atoms with E-state index in [9.17, 15) is 9.59 Å². The number of carbonyl (C=O) groups is 2. The van der Waals surface area contributed by atoms with E-state index in [2.05, 4.69) is 11.9 Å². The molecule has 0 radical (unpaired) electrons. The van der Waals surface area contributed by atoms with Crippen LogP contribution in [-0.2, 0) is 9.53 Å². The first-order valence-corrected chi connectivity index (χ1v) is 7.18. The number of aliphatic hydroxyl groups is 1. The number of benzene rings is 1. The molecule has 1 saturated heterocycles. The Morgan fingerprint density at radius 1 is 1.36 bits per heavy atom. The monoisotopic (exact) mass is 304 g/mol. The lowest BCUT2D eigenvalue weighted by Gasteiger charge is -2.37. The number of hydrogen-bond acceptors (Lipinski definition) is 4. The average molecular weight is 304 g/mol. The number of ether oxygens (including phenoxy) is 1. The van der Waals surface area contributed by atoms with E-state index in [-0.39, 0.29) is 24.5 Å². The molecule has 1 aliphatic heterocycles. The maximum absolute atomic E-state index is 12.6. The first kappa shape index (κ1) is 16.2. The number of aliphatic hydroxyl groups excluding tert-OH is 1. The van der Waals surface area contributed by atoms with Crippen LogP contribution < -0.4 is 5.32 Å².